The van der Waals surface area contributed by atoms with Gasteiger partial charge in [0.25, 0.3) is 0 Å². The number of carbonyl (C=O) groups excluding carboxylic acids is 1. The van der Waals surface area contributed by atoms with Crippen molar-refractivity contribution in [1.29, 1.82) is 0 Å². The van der Waals surface area contributed by atoms with Gasteiger partial charge < -0.3 is 4.90 Å². The number of amides is 1. The average molecular weight is 270 g/mol. The number of hydrogen-bond acceptors (Lipinski definition) is 3. The molecule has 1 unspecified atom stereocenters. The fourth-order valence-electron chi connectivity index (χ4n) is 2.80. The van der Waals surface area contributed by atoms with Crippen molar-refractivity contribution in [2.45, 2.75) is 32.7 Å². The Kier molecular flexibility index (Phi) is 3.26. The Morgan fingerprint density at radius 1 is 1.35 bits per heavy atom. The van der Waals surface area contributed by atoms with Crippen LogP contribution in [0.4, 0.5) is 0 Å². The fourth-order valence-corrected chi connectivity index (χ4v) is 2.80. The van der Waals surface area contributed by atoms with Gasteiger partial charge in [0.2, 0.25) is 5.91 Å². The molecule has 1 fully saturated rings. The molecule has 1 saturated heterocycles. The van der Waals surface area contributed by atoms with E-state index in [-0.39, 0.29) is 11.9 Å². The zero-order valence-corrected chi connectivity index (χ0v) is 11.8. The van der Waals surface area contributed by atoms with Crippen molar-refractivity contribution >= 4 is 5.91 Å². The molecule has 1 aliphatic rings. The van der Waals surface area contributed by atoms with E-state index in [0.29, 0.717) is 6.42 Å². The quantitative estimate of drug-likeness (QED) is 0.932. The van der Waals surface area contributed by atoms with Gasteiger partial charge >= 0.3 is 0 Å². The first-order chi connectivity index (χ1) is 9.68. The molecule has 1 aromatic heterocycles. The normalized spacial score (nSPS) is 16.7. The number of nitrogens with zero attached hydrogens (tertiary/aromatic N) is 3. The first-order valence-electron chi connectivity index (χ1n) is 6.95. The predicted molar refractivity (Wildman–Crippen MR) is 75.9 cm³/mol. The summed E-state index contributed by atoms with van der Waals surface area (Å²) < 4.78 is 0. The van der Waals surface area contributed by atoms with Crippen molar-refractivity contribution in [3.8, 4) is 11.3 Å². The SMILES string of the molecule is Cc1ccccc1-c1nn[nH]c1C(C)N1CCCC1=O. The van der Waals surface area contributed by atoms with E-state index in [1.165, 1.54) is 0 Å². The third-order valence-electron chi connectivity index (χ3n) is 3.97. The first kappa shape index (κ1) is 12.8. The lowest BCUT2D eigenvalue weighted by Gasteiger charge is -2.23. The minimum Gasteiger partial charge on any atom is -0.334 e. The van der Waals surface area contributed by atoms with Crippen molar-refractivity contribution < 1.29 is 4.79 Å². The zero-order chi connectivity index (χ0) is 14.1. The maximum Gasteiger partial charge on any atom is 0.223 e. The lowest BCUT2D eigenvalue weighted by Crippen LogP contribution is -2.28. The van der Waals surface area contributed by atoms with Gasteiger partial charge in [-0.2, -0.15) is 0 Å². The third kappa shape index (κ3) is 2.09. The molecule has 20 heavy (non-hydrogen) atoms. The second-order valence-electron chi connectivity index (χ2n) is 5.26. The highest BCUT2D eigenvalue weighted by molar-refractivity contribution is 5.79. The highest BCUT2D eigenvalue weighted by Crippen LogP contribution is 2.31. The van der Waals surface area contributed by atoms with Crippen LogP contribution >= 0.6 is 0 Å². The molecule has 5 nitrogen and oxygen atoms in total. The number of carbonyl (C=O) groups is 1. The van der Waals surface area contributed by atoms with E-state index in [1.807, 2.05) is 30.0 Å². The second-order valence-corrected chi connectivity index (χ2v) is 5.26. The molecule has 1 N–H and O–H groups in total. The second kappa shape index (κ2) is 5.07. The molecule has 1 amide bonds. The lowest BCUT2D eigenvalue weighted by molar-refractivity contribution is -0.129. The summed E-state index contributed by atoms with van der Waals surface area (Å²) in [6, 6.07) is 8.07. The molecular weight excluding hydrogens is 252 g/mol. The van der Waals surface area contributed by atoms with Crippen molar-refractivity contribution in [1.82, 2.24) is 20.3 Å². The molecule has 2 heterocycles. The van der Waals surface area contributed by atoms with Crippen LogP contribution in [-0.4, -0.2) is 32.8 Å². The Labute approximate surface area is 118 Å². The molecule has 2 aromatic rings. The van der Waals surface area contributed by atoms with Crippen LogP contribution in [0, 0.1) is 6.92 Å². The van der Waals surface area contributed by atoms with Crippen LogP contribution in [0.2, 0.25) is 0 Å². The van der Waals surface area contributed by atoms with E-state index in [2.05, 4.69) is 28.4 Å². The number of likely N-dealkylation sites (tertiary alicyclic amines) is 1. The third-order valence-corrected chi connectivity index (χ3v) is 3.97. The molecule has 5 heteroatoms. The Hall–Kier alpha value is -2.17. The van der Waals surface area contributed by atoms with E-state index in [9.17, 15) is 4.79 Å². The van der Waals surface area contributed by atoms with Gasteiger partial charge in [-0.1, -0.05) is 29.5 Å². The van der Waals surface area contributed by atoms with Crippen LogP contribution in [0.5, 0.6) is 0 Å². The predicted octanol–water partition coefficient (Wildman–Crippen LogP) is 2.46. The van der Waals surface area contributed by atoms with Gasteiger partial charge in [-0.3, -0.25) is 9.89 Å². The molecule has 0 spiro atoms. The summed E-state index contributed by atoms with van der Waals surface area (Å²) in [4.78, 5) is 13.8. The number of H-pyrrole nitrogens is 1. The topological polar surface area (TPSA) is 61.9 Å². The van der Waals surface area contributed by atoms with Crippen molar-refractivity contribution in [3.63, 3.8) is 0 Å². The van der Waals surface area contributed by atoms with Crippen LogP contribution in [0.25, 0.3) is 11.3 Å². The molecule has 0 saturated carbocycles. The minimum absolute atomic E-state index is 0.0189. The Morgan fingerprint density at radius 3 is 2.85 bits per heavy atom. The molecule has 1 aromatic carbocycles. The lowest BCUT2D eigenvalue weighted by atomic mass is 10.0. The number of aromatic nitrogens is 3. The van der Waals surface area contributed by atoms with Crippen LogP contribution in [0.3, 0.4) is 0 Å². The molecule has 1 atom stereocenters. The molecule has 3 rings (SSSR count). The van der Waals surface area contributed by atoms with Gasteiger partial charge in [0.05, 0.1) is 11.7 Å². The van der Waals surface area contributed by atoms with Gasteiger partial charge in [0.15, 0.2) is 0 Å². The van der Waals surface area contributed by atoms with E-state index >= 15 is 0 Å². The molecular formula is C15H18N4O. The number of nitrogens with one attached hydrogen (secondary N) is 1. The van der Waals surface area contributed by atoms with Crippen LogP contribution < -0.4 is 0 Å². The zero-order valence-electron chi connectivity index (χ0n) is 11.8. The van der Waals surface area contributed by atoms with Crippen LogP contribution in [0.15, 0.2) is 24.3 Å². The fraction of sp³-hybridized carbons (Fsp3) is 0.400. The highest BCUT2D eigenvalue weighted by Gasteiger charge is 2.29. The summed E-state index contributed by atoms with van der Waals surface area (Å²) in [7, 11) is 0. The van der Waals surface area contributed by atoms with Crippen molar-refractivity contribution in [3.05, 3.63) is 35.5 Å². The standard InChI is InChI=1S/C15H18N4O/c1-10-6-3-4-7-12(10)15-14(16-18-17-15)11(2)19-9-5-8-13(19)20/h3-4,6-7,11H,5,8-9H2,1-2H3,(H,16,17,18). The summed E-state index contributed by atoms with van der Waals surface area (Å²) in [6.07, 6.45) is 1.58. The summed E-state index contributed by atoms with van der Waals surface area (Å²) in [5, 5.41) is 11.1. The number of rotatable bonds is 3. The number of benzene rings is 1. The Morgan fingerprint density at radius 2 is 2.15 bits per heavy atom. The minimum atomic E-state index is -0.0189. The average Bonchev–Trinajstić information content (AvgIpc) is 3.07. The summed E-state index contributed by atoms with van der Waals surface area (Å²) >= 11 is 0. The summed E-state index contributed by atoms with van der Waals surface area (Å²) in [6.45, 7) is 4.89. The van der Waals surface area contributed by atoms with E-state index in [0.717, 1.165) is 35.5 Å². The van der Waals surface area contributed by atoms with Gasteiger partial charge in [0.1, 0.15) is 5.69 Å². The smallest absolute Gasteiger partial charge is 0.223 e. The Bertz CT molecular complexity index is 634. The molecule has 1 aliphatic heterocycles. The van der Waals surface area contributed by atoms with Gasteiger partial charge in [-0.05, 0) is 25.8 Å². The van der Waals surface area contributed by atoms with E-state index in [1.54, 1.807) is 0 Å². The number of hydrogen-bond donors (Lipinski definition) is 1. The molecule has 0 bridgehead atoms. The molecule has 0 radical (unpaired) electrons. The maximum absolute atomic E-state index is 11.9. The largest absolute Gasteiger partial charge is 0.334 e. The van der Waals surface area contributed by atoms with Gasteiger partial charge in [-0.15, -0.1) is 5.10 Å². The van der Waals surface area contributed by atoms with Gasteiger partial charge in [0, 0.05) is 18.5 Å². The number of aromatic amines is 1. The molecule has 104 valence electrons. The summed E-state index contributed by atoms with van der Waals surface area (Å²) in [5.41, 5.74) is 3.97. The molecule has 0 aliphatic carbocycles. The maximum atomic E-state index is 11.9. The Balaban J connectivity index is 1.98. The van der Waals surface area contributed by atoms with E-state index in [4.69, 9.17) is 0 Å². The number of aryl methyl sites for hydroxylation is 1. The summed E-state index contributed by atoms with van der Waals surface area (Å²) in [5.74, 6) is 0.211. The van der Waals surface area contributed by atoms with Crippen LogP contribution in [0.1, 0.15) is 37.1 Å². The van der Waals surface area contributed by atoms with Crippen molar-refractivity contribution in [2.75, 3.05) is 6.54 Å². The first-order valence-corrected chi connectivity index (χ1v) is 6.95. The van der Waals surface area contributed by atoms with Crippen molar-refractivity contribution in [2.24, 2.45) is 0 Å². The van der Waals surface area contributed by atoms with Gasteiger partial charge in [-0.25, -0.2) is 0 Å². The highest BCUT2D eigenvalue weighted by atomic mass is 16.2. The monoisotopic (exact) mass is 270 g/mol. The van der Waals surface area contributed by atoms with Crippen LogP contribution in [-0.2, 0) is 4.79 Å². The van der Waals surface area contributed by atoms with E-state index < -0.39 is 0 Å².